The molecule has 70 valence electrons. The predicted octanol–water partition coefficient (Wildman–Crippen LogP) is 1.81. The molecule has 4 heteroatoms. The Kier molecular flexibility index (Phi) is 4.09. The summed E-state index contributed by atoms with van der Waals surface area (Å²) in [5.74, 6) is 5.61. The van der Waals surface area contributed by atoms with Gasteiger partial charge < -0.3 is 5.73 Å². The third kappa shape index (κ3) is 3.20. The minimum Gasteiger partial charge on any atom is -0.326 e. The molecule has 0 aromatic heterocycles. The second-order valence-corrected chi connectivity index (χ2v) is 2.59. The summed E-state index contributed by atoms with van der Waals surface area (Å²) in [7, 11) is 0. The van der Waals surface area contributed by atoms with Crippen molar-refractivity contribution in [1.82, 2.24) is 0 Å². The fourth-order valence-electron chi connectivity index (χ4n) is 0.933. The van der Waals surface area contributed by atoms with Crippen LogP contribution in [0.5, 0.6) is 0 Å². The summed E-state index contributed by atoms with van der Waals surface area (Å²) >= 11 is 0. The molecule has 0 amide bonds. The van der Waals surface area contributed by atoms with E-state index in [9.17, 15) is 0 Å². The lowest BCUT2D eigenvalue weighted by atomic mass is 10.1. The zero-order valence-corrected chi connectivity index (χ0v) is 7.64. The zero-order valence-electron chi connectivity index (χ0n) is 7.64. The van der Waals surface area contributed by atoms with E-state index < -0.39 is 0 Å². The van der Waals surface area contributed by atoms with Crippen molar-refractivity contribution in [2.45, 2.75) is 6.54 Å². The lowest BCUT2D eigenvalue weighted by Gasteiger charge is -1.94. The molecule has 2 N–H and O–H groups in total. The van der Waals surface area contributed by atoms with Gasteiger partial charge in [-0.05, 0) is 23.2 Å². The van der Waals surface area contributed by atoms with Crippen LogP contribution in [0, 0.1) is 11.8 Å². The molecule has 1 rings (SSSR count). The lowest BCUT2D eigenvalue weighted by molar-refractivity contribution is 1.07. The summed E-state index contributed by atoms with van der Waals surface area (Å²) in [5.41, 5.74) is 15.4. The Labute approximate surface area is 82.4 Å². The van der Waals surface area contributed by atoms with E-state index >= 15 is 0 Å². The number of benzene rings is 1. The molecule has 0 saturated heterocycles. The van der Waals surface area contributed by atoms with Crippen LogP contribution in [0.1, 0.15) is 11.1 Å². The van der Waals surface area contributed by atoms with Gasteiger partial charge in [-0.15, -0.1) is 0 Å². The predicted molar refractivity (Wildman–Crippen MR) is 55.2 cm³/mol. The van der Waals surface area contributed by atoms with Crippen molar-refractivity contribution < 1.29 is 0 Å². The van der Waals surface area contributed by atoms with Gasteiger partial charge in [-0.1, -0.05) is 29.1 Å². The van der Waals surface area contributed by atoms with Crippen molar-refractivity contribution in [3.8, 4) is 11.8 Å². The largest absolute Gasteiger partial charge is 0.326 e. The van der Waals surface area contributed by atoms with Crippen LogP contribution in [-0.2, 0) is 6.54 Å². The summed E-state index contributed by atoms with van der Waals surface area (Å²) in [5, 5.41) is 3.31. The van der Waals surface area contributed by atoms with Gasteiger partial charge in [0.1, 0.15) is 0 Å². The Morgan fingerprint density at radius 1 is 1.36 bits per heavy atom. The van der Waals surface area contributed by atoms with Crippen molar-refractivity contribution in [3.63, 3.8) is 0 Å². The Morgan fingerprint density at radius 2 is 2.07 bits per heavy atom. The van der Waals surface area contributed by atoms with Gasteiger partial charge in [0, 0.05) is 17.0 Å². The fraction of sp³-hybridized carbons (Fsp3) is 0.200. The van der Waals surface area contributed by atoms with E-state index in [1.165, 1.54) is 0 Å². The number of rotatable bonds is 2. The molecule has 0 atom stereocenters. The summed E-state index contributed by atoms with van der Waals surface area (Å²) < 4.78 is 0. The molecule has 0 aliphatic carbocycles. The molecule has 0 radical (unpaired) electrons. The molecule has 14 heavy (non-hydrogen) atoms. The average molecular weight is 186 g/mol. The number of hydrogen-bond acceptors (Lipinski definition) is 2. The molecular weight excluding hydrogens is 176 g/mol. The van der Waals surface area contributed by atoms with E-state index in [-0.39, 0.29) is 6.54 Å². The SMILES string of the molecule is [N-]=[N+]=NCC#Cc1ccc(CN)cc1. The van der Waals surface area contributed by atoms with Gasteiger partial charge in [0.25, 0.3) is 0 Å². The van der Waals surface area contributed by atoms with Crippen LogP contribution in [0.3, 0.4) is 0 Å². The first-order valence-electron chi connectivity index (χ1n) is 4.15. The van der Waals surface area contributed by atoms with Gasteiger partial charge in [-0.3, -0.25) is 0 Å². The van der Waals surface area contributed by atoms with Crippen molar-refractivity contribution in [2.75, 3.05) is 6.54 Å². The zero-order chi connectivity index (χ0) is 10.2. The molecule has 0 unspecified atom stereocenters. The maximum atomic E-state index is 8.01. The highest BCUT2D eigenvalue weighted by Crippen LogP contribution is 2.01. The quantitative estimate of drug-likeness (QED) is 0.325. The Bertz CT molecular complexity index is 390. The third-order valence-electron chi connectivity index (χ3n) is 1.64. The van der Waals surface area contributed by atoms with E-state index in [4.69, 9.17) is 11.3 Å². The molecular formula is C10H10N4. The summed E-state index contributed by atoms with van der Waals surface area (Å²) in [6.07, 6.45) is 0. The average Bonchev–Trinajstić information content (AvgIpc) is 2.25. The molecule has 4 nitrogen and oxygen atoms in total. The molecule has 0 aliphatic heterocycles. The van der Waals surface area contributed by atoms with E-state index in [2.05, 4.69) is 21.9 Å². The smallest absolute Gasteiger partial charge is 0.0880 e. The number of nitrogens with zero attached hydrogens (tertiary/aromatic N) is 3. The Morgan fingerprint density at radius 3 is 2.64 bits per heavy atom. The standard InChI is InChI=1S/C10H10N4/c11-8-10-5-3-9(4-6-10)2-1-7-13-14-12/h3-6H,7-8,11H2. The summed E-state index contributed by atoms with van der Waals surface area (Å²) in [6.45, 7) is 0.738. The van der Waals surface area contributed by atoms with E-state index in [0.29, 0.717) is 6.54 Å². The normalized spacial score (nSPS) is 8.36. The maximum Gasteiger partial charge on any atom is 0.0880 e. The first kappa shape index (κ1) is 10.1. The Hall–Kier alpha value is -1.95. The minimum atomic E-state index is 0.204. The van der Waals surface area contributed by atoms with Crippen LogP contribution >= 0.6 is 0 Å². The number of hydrogen-bond donors (Lipinski definition) is 1. The highest BCUT2D eigenvalue weighted by molar-refractivity contribution is 5.36. The van der Waals surface area contributed by atoms with Gasteiger partial charge in [-0.2, -0.15) is 0 Å². The highest BCUT2D eigenvalue weighted by Gasteiger charge is 1.88. The number of nitrogens with two attached hydrogens (primary N) is 1. The van der Waals surface area contributed by atoms with Crippen molar-refractivity contribution in [2.24, 2.45) is 10.8 Å². The van der Waals surface area contributed by atoms with Crippen LogP contribution in [0.25, 0.3) is 10.4 Å². The highest BCUT2D eigenvalue weighted by atomic mass is 15.1. The third-order valence-corrected chi connectivity index (χ3v) is 1.64. The Balaban J connectivity index is 2.66. The summed E-state index contributed by atoms with van der Waals surface area (Å²) in [6, 6.07) is 7.64. The van der Waals surface area contributed by atoms with Crippen molar-refractivity contribution in [1.29, 1.82) is 0 Å². The molecule has 0 spiro atoms. The van der Waals surface area contributed by atoms with Crippen molar-refractivity contribution in [3.05, 3.63) is 45.8 Å². The molecule has 1 aromatic carbocycles. The second-order valence-electron chi connectivity index (χ2n) is 2.59. The topological polar surface area (TPSA) is 74.8 Å². The van der Waals surface area contributed by atoms with Gasteiger partial charge >= 0.3 is 0 Å². The fourth-order valence-corrected chi connectivity index (χ4v) is 0.933. The van der Waals surface area contributed by atoms with Crippen LogP contribution in [-0.4, -0.2) is 6.54 Å². The van der Waals surface area contributed by atoms with Crippen LogP contribution in [0.15, 0.2) is 29.4 Å². The van der Waals surface area contributed by atoms with Gasteiger partial charge in [0.2, 0.25) is 0 Å². The van der Waals surface area contributed by atoms with Gasteiger partial charge in [0.15, 0.2) is 0 Å². The van der Waals surface area contributed by atoms with Crippen molar-refractivity contribution >= 4 is 0 Å². The maximum absolute atomic E-state index is 8.01. The van der Waals surface area contributed by atoms with Gasteiger partial charge in [-0.25, -0.2) is 0 Å². The van der Waals surface area contributed by atoms with Crippen LogP contribution < -0.4 is 5.73 Å². The molecule has 0 bridgehead atoms. The molecule has 0 fully saturated rings. The minimum absolute atomic E-state index is 0.204. The first-order chi connectivity index (χ1) is 6.86. The van der Waals surface area contributed by atoms with Crippen LogP contribution in [0.4, 0.5) is 0 Å². The number of azide groups is 1. The molecule has 0 heterocycles. The van der Waals surface area contributed by atoms with Gasteiger partial charge in [0.05, 0.1) is 6.54 Å². The second kappa shape index (κ2) is 5.65. The molecule has 0 aliphatic rings. The van der Waals surface area contributed by atoms with Crippen LogP contribution in [0.2, 0.25) is 0 Å². The van der Waals surface area contributed by atoms with E-state index in [1.54, 1.807) is 0 Å². The lowest BCUT2D eigenvalue weighted by Crippen LogP contribution is -1.95. The van der Waals surface area contributed by atoms with E-state index in [1.807, 2.05) is 24.3 Å². The summed E-state index contributed by atoms with van der Waals surface area (Å²) in [4.78, 5) is 2.60. The monoisotopic (exact) mass is 186 g/mol. The first-order valence-corrected chi connectivity index (χ1v) is 4.15. The molecule has 0 saturated carbocycles. The molecule has 1 aromatic rings. The van der Waals surface area contributed by atoms with E-state index in [0.717, 1.165) is 11.1 Å².